The summed E-state index contributed by atoms with van der Waals surface area (Å²) in [5, 5.41) is 13.5. The zero-order chi connectivity index (χ0) is 21.3. The van der Waals surface area contributed by atoms with Crippen molar-refractivity contribution in [1.82, 2.24) is 9.78 Å². The standard InChI is InChI=1S/C27H33N3O/c1-3-25-17(13-28)14-30(29-25)15-26(31)24-9-8-23-21-7-6-19-18(5-4-16-12-22(16)19)20(21)10-11-27(23,24)2/h1,14,16,18-24H,4-12,15H2,2H3/t16-,18?,19+,20?,21-,22?,23?,24-,27+/m1/s1. The summed E-state index contributed by atoms with van der Waals surface area (Å²) in [5.74, 6) is 9.52. The molecule has 5 saturated carbocycles. The molecule has 162 valence electrons. The van der Waals surface area contributed by atoms with Crippen molar-refractivity contribution in [2.45, 2.75) is 71.3 Å². The molecule has 5 aliphatic rings. The minimum absolute atomic E-state index is 0.124. The van der Waals surface area contributed by atoms with Crippen LogP contribution in [0.15, 0.2) is 6.20 Å². The van der Waals surface area contributed by atoms with Gasteiger partial charge in [0.15, 0.2) is 11.5 Å². The first-order valence-electron chi connectivity index (χ1n) is 12.5. The number of aromatic nitrogens is 2. The van der Waals surface area contributed by atoms with Crippen LogP contribution in [0.5, 0.6) is 0 Å². The quantitative estimate of drug-likeness (QED) is 0.665. The number of carbonyl (C=O) groups excluding carboxylic acids is 1. The van der Waals surface area contributed by atoms with Gasteiger partial charge in [-0.2, -0.15) is 10.4 Å². The molecule has 0 aromatic carbocycles. The van der Waals surface area contributed by atoms with Crippen molar-refractivity contribution in [3.05, 3.63) is 17.5 Å². The zero-order valence-electron chi connectivity index (χ0n) is 18.6. The highest BCUT2D eigenvalue weighted by Crippen LogP contribution is 2.67. The average Bonchev–Trinajstić information content (AvgIpc) is 3.34. The van der Waals surface area contributed by atoms with E-state index in [1.165, 1.54) is 51.4 Å². The lowest BCUT2D eigenvalue weighted by molar-refractivity contribution is -0.131. The van der Waals surface area contributed by atoms with Gasteiger partial charge >= 0.3 is 0 Å². The first kappa shape index (κ1) is 19.6. The number of Topliss-reactive ketones (excluding diaryl/α,β-unsaturated/α-hetero) is 1. The van der Waals surface area contributed by atoms with Crippen LogP contribution in [0.2, 0.25) is 0 Å². The van der Waals surface area contributed by atoms with E-state index >= 15 is 0 Å². The molecular weight excluding hydrogens is 382 g/mol. The molecule has 1 aromatic heterocycles. The normalized spacial score (nSPS) is 44.7. The monoisotopic (exact) mass is 415 g/mol. The van der Waals surface area contributed by atoms with Gasteiger partial charge in [0.25, 0.3) is 0 Å². The molecule has 4 unspecified atom stereocenters. The van der Waals surface area contributed by atoms with Gasteiger partial charge in [-0.1, -0.05) is 6.92 Å². The molecule has 4 heteroatoms. The summed E-state index contributed by atoms with van der Waals surface area (Å²) >= 11 is 0. The second-order valence-corrected chi connectivity index (χ2v) is 11.6. The second kappa shape index (κ2) is 6.96. The molecule has 9 atom stereocenters. The molecular formula is C27H33N3O. The van der Waals surface area contributed by atoms with Crippen LogP contribution in [-0.2, 0) is 11.3 Å². The average molecular weight is 416 g/mol. The summed E-state index contributed by atoms with van der Waals surface area (Å²) in [5.41, 5.74) is 0.865. The predicted octanol–water partition coefficient (Wildman–Crippen LogP) is 4.82. The summed E-state index contributed by atoms with van der Waals surface area (Å²) in [6, 6.07) is 2.09. The maximum Gasteiger partial charge on any atom is 0.157 e. The summed E-state index contributed by atoms with van der Waals surface area (Å²) in [7, 11) is 0. The van der Waals surface area contributed by atoms with E-state index in [0.29, 0.717) is 17.2 Å². The zero-order valence-corrected chi connectivity index (χ0v) is 18.6. The summed E-state index contributed by atoms with van der Waals surface area (Å²) < 4.78 is 1.59. The number of carbonyl (C=O) groups is 1. The highest BCUT2D eigenvalue weighted by Gasteiger charge is 2.60. The lowest BCUT2D eigenvalue weighted by Crippen LogP contribution is -2.49. The van der Waals surface area contributed by atoms with Crippen molar-refractivity contribution in [3.63, 3.8) is 0 Å². The number of terminal acetylenes is 1. The van der Waals surface area contributed by atoms with E-state index in [9.17, 15) is 10.1 Å². The minimum atomic E-state index is 0.124. The van der Waals surface area contributed by atoms with Gasteiger partial charge in [-0.15, -0.1) is 6.42 Å². The molecule has 0 radical (unpaired) electrons. The Balaban J connectivity index is 1.19. The second-order valence-electron chi connectivity index (χ2n) is 11.6. The molecule has 5 fully saturated rings. The topological polar surface area (TPSA) is 58.7 Å². The lowest BCUT2D eigenvalue weighted by Gasteiger charge is -2.55. The Kier molecular flexibility index (Phi) is 4.40. The minimum Gasteiger partial charge on any atom is -0.297 e. The molecule has 0 saturated heterocycles. The fourth-order valence-electron chi connectivity index (χ4n) is 9.16. The van der Waals surface area contributed by atoms with E-state index in [2.05, 4.69) is 24.0 Å². The van der Waals surface area contributed by atoms with E-state index < -0.39 is 0 Å². The Morgan fingerprint density at radius 1 is 1.13 bits per heavy atom. The maximum absolute atomic E-state index is 13.4. The van der Waals surface area contributed by atoms with E-state index in [-0.39, 0.29) is 23.7 Å². The number of ketones is 1. The third-order valence-corrected chi connectivity index (χ3v) is 10.5. The predicted molar refractivity (Wildman–Crippen MR) is 117 cm³/mol. The number of nitriles is 1. The van der Waals surface area contributed by atoms with Crippen molar-refractivity contribution in [3.8, 4) is 18.4 Å². The van der Waals surface area contributed by atoms with Crippen LogP contribution in [0.1, 0.15) is 76.0 Å². The Hall–Kier alpha value is -2.07. The Morgan fingerprint density at radius 3 is 2.65 bits per heavy atom. The molecule has 5 aliphatic carbocycles. The number of hydrogen-bond acceptors (Lipinski definition) is 3. The molecule has 1 aromatic rings. The van der Waals surface area contributed by atoms with Crippen LogP contribution < -0.4 is 0 Å². The highest BCUT2D eigenvalue weighted by molar-refractivity contribution is 5.82. The molecule has 0 spiro atoms. The number of nitrogens with zero attached hydrogens (tertiary/aromatic N) is 3. The largest absolute Gasteiger partial charge is 0.297 e. The van der Waals surface area contributed by atoms with Crippen LogP contribution in [0, 0.1) is 76.4 Å². The summed E-state index contributed by atoms with van der Waals surface area (Å²) in [4.78, 5) is 13.4. The maximum atomic E-state index is 13.4. The summed E-state index contributed by atoms with van der Waals surface area (Å²) in [6.45, 7) is 2.66. The van der Waals surface area contributed by atoms with Crippen molar-refractivity contribution in [2.24, 2.45) is 52.8 Å². The van der Waals surface area contributed by atoms with Gasteiger partial charge in [-0.05, 0) is 111 Å². The molecule has 6 rings (SSSR count). The van der Waals surface area contributed by atoms with E-state index in [0.717, 1.165) is 41.9 Å². The number of rotatable bonds is 3. The van der Waals surface area contributed by atoms with Crippen molar-refractivity contribution < 1.29 is 4.79 Å². The number of fused-ring (bicyclic) bond motifs is 7. The van der Waals surface area contributed by atoms with Crippen LogP contribution in [0.4, 0.5) is 0 Å². The van der Waals surface area contributed by atoms with Crippen LogP contribution in [0.3, 0.4) is 0 Å². The number of hydrogen-bond donors (Lipinski definition) is 0. The Morgan fingerprint density at radius 2 is 1.87 bits per heavy atom. The van der Waals surface area contributed by atoms with Crippen molar-refractivity contribution >= 4 is 5.78 Å². The smallest absolute Gasteiger partial charge is 0.157 e. The van der Waals surface area contributed by atoms with E-state index in [1.54, 1.807) is 10.9 Å². The molecule has 1 heterocycles. The third kappa shape index (κ3) is 2.87. The first-order chi connectivity index (χ1) is 15.0. The van der Waals surface area contributed by atoms with Gasteiger partial charge in [0.2, 0.25) is 0 Å². The molecule has 0 bridgehead atoms. The third-order valence-electron chi connectivity index (χ3n) is 10.5. The van der Waals surface area contributed by atoms with E-state index in [1.807, 2.05) is 0 Å². The van der Waals surface area contributed by atoms with Gasteiger partial charge in [-0.25, -0.2) is 0 Å². The molecule has 0 amide bonds. The fraction of sp³-hybridized carbons (Fsp3) is 0.741. The van der Waals surface area contributed by atoms with Gasteiger partial charge in [0, 0.05) is 12.1 Å². The fourth-order valence-corrected chi connectivity index (χ4v) is 9.16. The van der Waals surface area contributed by atoms with Crippen LogP contribution in [-0.4, -0.2) is 15.6 Å². The first-order valence-corrected chi connectivity index (χ1v) is 12.5. The summed E-state index contributed by atoms with van der Waals surface area (Å²) in [6.07, 6.45) is 19.2. The molecule has 0 aliphatic heterocycles. The highest BCUT2D eigenvalue weighted by atomic mass is 16.1. The molecule has 4 nitrogen and oxygen atoms in total. The molecule has 31 heavy (non-hydrogen) atoms. The van der Waals surface area contributed by atoms with Crippen molar-refractivity contribution in [1.29, 1.82) is 5.26 Å². The van der Waals surface area contributed by atoms with Crippen LogP contribution >= 0.6 is 0 Å². The van der Waals surface area contributed by atoms with Crippen LogP contribution in [0.25, 0.3) is 0 Å². The van der Waals surface area contributed by atoms with Gasteiger partial charge in [-0.3, -0.25) is 9.48 Å². The van der Waals surface area contributed by atoms with E-state index in [4.69, 9.17) is 6.42 Å². The van der Waals surface area contributed by atoms with Gasteiger partial charge in [0.05, 0.1) is 6.54 Å². The van der Waals surface area contributed by atoms with Gasteiger partial charge in [0.1, 0.15) is 11.6 Å². The lowest BCUT2D eigenvalue weighted by atomic mass is 9.49. The molecule has 0 N–H and O–H groups in total. The Labute approximate surface area is 185 Å². The van der Waals surface area contributed by atoms with Gasteiger partial charge < -0.3 is 0 Å². The Bertz CT molecular complexity index is 964. The van der Waals surface area contributed by atoms with Crippen molar-refractivity contribution in [2.75, 3.05) is 0 Å². The SMILES string of the molecule is C#Cc1nn(CC(=O)[C@H]2CCC3[C@@H]4CC[C@H]5C(CC[C@@H]6CC65)C4CC[C@@]32C)cc1C#N.